The summed E-state index contributed by atoms with van der Waals surface area (Å²) < 4.78 is 0. The van der Waals surface area contributed by atoms with Gasteiger partial charge in [0, 0.05) is 30.2 Å². The van der Waals surface area contributed by atoms with Crippen LogP contribution < -0.4 is 5.73 Å². The number of carbonyl (C=O) groups is 1. The van der Waals surface area contributed by atoms with Crippen molar-refractivity contribution in [3.05, 3.63) is 35.4 Å². The number of hydrogen-bond acceptors (Lipinski definition) is 3. The van der Waals surface area contributed by atoms with E-state index in [1.54, 1.807) is 0 Å². The summed E-state index contributed by atoms with van der Waals surface area (Å²) in [6.45, 7) is 2.39. The van der Waals surface area contributed by atoms with Gasteiger partial charge in [0.2, 0.25) is 0 Å². The van der Waals surface area contributed by atoms with Crippen LogP contribution in [0.5, 0.6) is 0 Å². The average Bonchev–Trinajstić information content (AvgIpc) is 2.40. The van der Waals surface area contributed by atoms with Crippen molar-refractivity contribution in [2.75, 3.05) is 31.1 Å². The number of thioether (sulfide) groups is 1. The summed E-state index contributed by atoms with van der Waals surface area (Å²) in [5.74, 6) is 2.26. The van der Waals surface area contributed by atoms with E-state index in [0.29, 0.717) is 6.54 Å². The van der Waals surface area contributed by atoms with E-state index >= 15 is 0 Å². The molecule has 1 aromatic carbocycles. The van der Waals surface area contributed by atoms with Crippen LogP contribution in [0, 0.1) is 0 Å². The second-order valence-corrected chi connectivity index (χ2v) is 5.36. The molecule has 4 heteroatoms. The Bertz CT molecular complexity index is 372. The van der Waals surface area contributed by atoms with Gasteiger partial charge in [-0.15, -0.1) is 0 Å². The van der Waals surface area contributed by atoms with Crippen molar-refractivity contribution in [2.24, 2.45) is 5.73 Å². The lowest BCUT2D eigenvalue weighted by atomic mass is 10.1. The maximum Gasteiger partial charge on any atom is 0.253 e. The first-order valence-corrected chi connectivity index (χ1v) is 7.13. The van der Waals surface area contributed by atoms with Crippen LogP contribution >= 0.6 is 11.8 Å². The fourth-order valence-corrected chi connectivity index (χ4v) is 2.83. The van der Waals surface area contributed by atoms with Gasteiger partial charge in [0.15, 0.2) is 0 Å². The van der Waals surface area contributed by atoms with Gasteiger partial charge in [0.25, 0.3) is 5.91 Å². The first kappa shape index (κ1) is 12.5. The van der Waals surface area contributed by atoms with E-state index < -0.39 is 0 Å². The van der Waals surface area contributed by atoms with Crippen LogP contribution in [0.25, 0.3) is 0 Å². The lowest BCUT2D eigenvalue weighted by molar-refractivity contribution is 0.0772. The number of nitrogens with zero attached hydrogens (tertiary/aromatic N) is 1. The number of hydrogen-bond donors (Lipinski definition) is 1. The predicted molar refractivity (Wildman–Crippen MR) is 72.4 cm³/mol. The largest absolute Gasteiger partial charge is 0.337 e. The van der Waals surface area contributed by atoms with Crippen LogP contribution in [0.15, 0.2) is 24.3 Å². The number of carbonyl (C=O) groups excluding carboxylic acids is 1. The summed E-state index contributed by atoms with van der Waals surface area (Å²) in [5.41, 5.74) is 7.48. The first-order chi connectivity index (χ1) is 8.31. The highest BCUT2D eigenvalue weighted by atomic mass is 32.2. The van der Waals surface area contributed by atoms with Gasteiger partial charge in [-0.05, 0) is 30.7 Å². The van der Waals surface area contributed by atoms with Gasteiger partial charge in [-0.2, -0.15) is 11.8 Å². The minimum absolute atomic E-state index is 0.157. The quantitative estimate of drug-likeness (QED) is 0.881. The van der Waals surface area contributed by atoms with Gasteiger partial charge < -0.3 is 10.6 Å². The summed E-state index contributed by atoms with van der Waals surface area (Å²) in [7, 11) is 0. The molecule has 0 radical (unpaired) electrons. The normalized spacial score (nSPS) is 15.9. The Kier molecular flexibility index (Phi) is 4.45. The highest BCUT2D eigenvalue weighted by Gasteiger charge is 2.17. The van der Waals surface area contributed by atoms with Gasteiger partial charge in [0.1, 0.15) is 0 Å². The van der Waals surface area contributed by atoms with Crippen molar-refractivity contribution in [3.8, 4) is 0 Å². The molecule has 0 saturated carbocycles. The third kappa shape index (κ3) is 3.23. The molecule has 3 nitrogen and oxygen atoms in total. The molecule has 1 aromatic rings. The Morgan fingerprint density at radius 2 is 1.88 bits per heavy atom. The van der Waals surface area contributed by atoms with Crippen LogP contribution in [0.2, 0.25) is 0 Å². The smallest absolute Gasteiger partial charge is 0.253 e. The molecule has 1 amide bonds. The average molecular weight is 250 g/mol. The van der Waals surface area contributed by atoms with E-state index in [2.05, 4.69) is 0 Å². The molecule has 1 saturated heterocycles. The Hall–Kier alpha value is -1.00. The fraction of sp³-hybridized carbons (Fsp3) is 0.462. The highest BCUT2D eigenvalue weighted by molar-refractivity contribution is 7.99. The van der Waals surface area contributed by atoms with Gasteiger partial charge in [0.05, 0.1) is 0 Å². The maximum absolute atomic E-state index is 12.2. The molecule has 17 heavy (non-hydrogen) atoms. The zero-order valence-electron chi connectivity index (χ0n) is 9.89. The lowest BCUT2D eigenvalue weighted by Crippen LogP contribution is -2.37. The Morgan fingerprint density at radius 1 is 1.24 bits per heavy atom. The van der Waals surface area contributed by atoms with E-state index in [4.69, 9.17) is 5.73 Å². The second kappa shape index (κ2) is 6.07. The molecule has 0 aliphatic carbocycles. The molecule has 2 rings (SSSR count). The van der Waals surface area contributed by atoms with Crippen LogP contribution in [0.3, 0.4) is 0 Å². The van der Waals surface area contributed by atoms with Crippen LogP contribution in [-0.2, 0) is 6.42 Å². The molecule has 1 heterocycles. The van der Waals surface area contributed by atoms with Crippen LogP contribution in [-0.4, -0.2) is 41.9 Å². The Labute approximate surface area is 106 Å². The van der Waals surface area contributed by atoms with Crippen molar-refractivity contribution in [1.82, 2.24) is 4.90 Å². The fourth-order valence-electron chi connectivity index (χ4n) is 1.93. The first-order valence-electron chi connectivity index (χ1n) is 5.97. The summed E-state index contributed by atoms with van der Waals surface area (Å²) in [6.07, 6.45) is 0.870. The van der Waals surface area contributed by atoms with E-state index in [9.17, 15) is 4.79 Å². The second-order valence-electron chi connectivity index (χ2n) is 4.14. The monoisotopic (exact) mass is 250 g/mol. The molecule has 0 spiro atoms. The van der Waals surface area contributed by atoms with Crippen LogP contribution in [0.1, 0.15) is 15.9 Å². The summed E-state index contributed by atoms with van der Waals surface area (Å²) >= 11 is 1.91. The molecule has 2 N–H and O–H groups in total. The molecular weight excluding hydrogens is 232 g/mol. The molecule has 0 unspecified atom stereocenters. The zero-order valence-corrected chi connectivity index (χ0v) is 10.7. The zero-order chi connectivity index (χ0) is 12.1. The molecule has 0 bridgehead atoms. The number of rotatable bonds is 3. The van der Waals surface area contributed by atoms with Gasteiger partial charge >= 0.3 is 0 Å². The van der Waals surface area contributed by atoms with Crippen LogP contribution in [0.4, 0.5) is 0 Å². The molecule has 1 fully saturated rings. The van der Waals surface area contributed by atoms with E-state index in [-0.39, 0.29) is 5.91 Å². The van der Waals surface area contributed by atoms with Crippen molar-refractivity contribution in [2.45, 2.75) is 6.42 Å². The van der Waals surface area contributed by atoms with Gasteiger partial charge in [-0.25, -0.2) is 0 Å². The van der Waals surface area contributed by atoms with Crippen molar-refractivity contribution < 1.29 is 4.79 Å². The Morgan fingerprint density at radius 3 is 2.47 bits per heavy atom. The minimum Gasteiger partial charge on any atom is -0.337 e. The van der Waals surface area contributed by atoms with E-state index in [1.165, 1.54) is 5.56 Å². The van der Waals surface area contributed by atoms with Crippen molar-refractivity contribution >= 4 is 17.7 Å². The summed E-state index contributed by atoms with van der Waals surface area (Å²) in [5, 5.41) is 0. The third-order valence-corrected chi connectivity index (χ3v) is 3.87. The minimum atomic E-state index is 0.157. The molecular formula is C13H18N2OS. The van der Waals surface area contributed by atoms with Crippen molar-refractivity contribution in [1.29, 1.82) is 0 Å². The summed E-state index contributed by atoms with van der Waals surface area (Å²) in [6, 6.07) is 7.82. The number of amides is 1. The molecule has 1 aliphatic heterocycles. The third-order valence-electron chi connectivity index (χ3n) is 2.93. The van der Waals surface area contributed by atoms with Crippen molar-refractivity contribution in [3.63, 3.8) is 0 Å². The lowest BCUT2D eigenvalue weighted by Gasteiger charge is -2.26. The Balaban J connectivity index is 2.03. The van der Waals surface area contributed by atoms with Gasteiger partial charge in [-0.3, -0.25) is 4.79 Å². The number of benzene rings is 1. The molecule has 0 atom stereocenters. The number of nitrogens with two attached hydrogens (primary N) is 1. The highest BCUT2D eigenvalue weighted by Crippen LogP contribution is 2.13. The SMILES string of the molecule is NCCc1ccc(C(=O)N2CCSCC2)cc1. The molecule has 1 aliphatic rings. The van der Waals surface area contributed by atoms with E-state index in [0.717, 1.165) is 36.6 Å². The molecule has 0 aromatic heterocycles. The maximum atomic E-state index is 12.2. The van der Waals surface area contributed by atoms with E-state index in [1.807, 2.05) is 40.9 Å². The topological polar surface area (TPSA) is 46.3 Å². The standard InChI is InChI=1S/C13H18N2OS/c14-6-5-11-1-3-12(4-2-11)13(16)15-7-9-17-10-8-15/h1-4H,5-10,14H2. The van der Waals surface area contributed by atoms with Gasteiger partial charge in [-0.1, -0.05) is 12.1 Å². The summed E-state index contributed by atoms with van der Waals surface area (Å²) in [4.78, 5) is 14.1. The predicted octanol–water partition coefficient (Wildman–Crippen LogP) is 1.38. The molecule has 92 valence electrons.